The van der Waals surface area contributed by atoms with Gasteiger partial charge in [-0.2, -0.15) is 0 Å². The summed E-state index contributed by atoms with van der Waals surface area (Å²) in [6.45, 7) is 8.75. The van der Waals surface area contributed by atoms with Crippen LogP contribution in [0.3, 0.4) is 0 Å². The lowest BCUT2D eigenvalue weighted by Gasteiger charge is -2.43. The van der Waals surface area contributed by atoms with Crippen molar-refractivity contribution in [3.63, 3.8) is 0 Å². The number of hydrogen-bond donors (Lipinski definition) is 0. The zero-order valence-electron chi connectivity index (χ0n) is 16.5. The van der Waals surface area contributed by atoms with E-state index in [1.807, 2.05) is 36.4 Å². The van der Waals surface area contributed by atoms with Crippen molar-refractivity contribution in [2.24, 2.45) is 5.92 Å². The Balaban J connectivity index is 2.04. The van der Waals surface area contributed by atoms with Gasteiger partial charge in [0.15, 0.2) is 7.29 Å². The van der Waals surface area contributed by atoms with E-state index in [9.17, 15) is 0 Å². The van der Waals surface area contributed by atoms with Crippen molar-refractivity contribution in [3.05, 3.63) is 90.5 Å². The van der Waals surface area contributed by atoms with Crippen molar-refractivity contribution in [1.29, 1.82) is 0 Å². The molecule has 0 amide bonds. The largest absolute Gasteiger partial charge is 0.300 e. The SMILES string of the molecule is CC(C)(C)N1[C@H](c2ccccc2)[C@H]2C=CC=C[C@]2(C)P1(=O)c1ccccc1. The molecule has 0 aromatic heterocycles. The molecule has 27 heavy (non-hydrogen) atoms. The van der Waals surface area contributed by atoms with Crippen molar-refractivity contribution in [1.82, 2.24) is 4.67 Å². The maximum absolute atomic E-state index is 15.1. The van der Waals surface area contributed by atoms with E-state index in [4.69, 9.17) is 0 Å². The fourth-order valence-corrected chi connectivity index (χ4v) is 9.14. The minimum absolute atomic E-state index is 0.0726. The first-order valence-electron chi connectivity index (χ1n) is 9.67. The molecule has 1 heterocycles. The quantitative estimate of drug-likeness (QED) is 0.603. The van der Waals surface area contributed by atoms with Crippen molar-refractivity contribution < 1.29 is 4.57 Å². The minimum atomic E-state index is -2.92. The number of allylic oxidation sites excluding steroid dienone is 3. The summed E-state index contributed by atoms with van der Waals surface area (Å²) in [6, 6.07) is 20.7. The van der Waals surface area contributed by atoms with E-state index in [1.54, 1.807) is 0 Å². The molecule has 0 N–H and O–H groups in total. The lowest BCUT2D eigenvalue weighted by atomic mass is 9.80. The zero-order valence-corrected chi connectivity index (χ0v) is 17.4. The van der Waals surface area contributed by atoms with Gasteiger partial charge in [-0.3, -0.25) is 0 Å². The Labute approximate surface area is 163 Å². The summed E-state index contributed by atoms with van der Waals surface area (Å²) in [5, 5.41) is 0.516. The number of hydrogen-bond acceptors (Lipinski definition) is 1. The Morgan fingerprint density at radius 2 is 1.52 bits per heavy atom. The highest BCUT2D eigenvalue weighted by atomic mass is 31.2. The third-order valence-corrected chi connectivity index (χ3v) is 10.2. The highest BCUT2D eigenvalue weighted by molar-refractivity contribution is 7.71. The van der Waals surface area contributed by atoms with Crippen molar-refractivity contribution in [2.45, 2.75) is 44.4 Å². The average molecular weight is 377 g/mol. The molecule has 1 aliphatic heterocycles. The van der Waals surface area contributed by atoms with Crippen LogP contribution >= 0.6 is 7.29 Å². The van der Waals surface area contributed by atoms with Crippen LogP contribution in [0.25, 0.3) is 0 Å². The molecular weight excluding hydrogens is 349 g/mol. The van der Waals surface area contributed by atoms with Crippen LogP contribution in [0.2, 0.25) is 0 Å². The average Bonchev–Trinajstić information content (AvgIpc) is 2.89. The number of nitrogens with zero attached hydrogens (tertiary/aromatic N) is 1. The predicted molar refractivity (Wildman–Crippen MR) is 115 cm³/mol. The fraction of sp³-hybridized carbons (Fsp3) is 0.333. The molecule has 2 nitrogen and oxygen atoms in total. The van der Waals surface area contributed by atoms with Gasteiger partial charge < -0.3 is 4.57 Å². The van der Waals surface area contributed by atoms with Gasteiger partial charge in [0.1, 0.15) is 0 Å². The Hall–Kier alpha value is -1.89. The van der Waals surface area contributed by atoms with Gasteiger partial charge in [0.05, 0.1) is 5.16 Å². The van der Waals surface area contributed by atoms with Crippen LogP contribution in [0.4, 0.5) is 0 Å². The first kappa shape index (κ1) is 18.5. The molecular formula is C24H28NOP. The molecule has 1 unspecified atom stereocenters. The summed E-state index contributed by atoms with van der Waals surface area (Å²) in [7, 11) is -2.92. The number of fused-ring (bicyclic) bond motifs is 1. The topological polar surface area (TPSA) is 20.3 Å². The van der Waals surface area contributed by atoms with E-state index in [-0.39, 0.29) is 17.5 Å². The third kappa shape index (κ3) is 2.62. The monoisotopic (exact) mass is 377 g/mol. The van der Waals surface area contributed by atoms with Gasteiger partial charge in [0.2, 0.25) is 0 Å². The van der Waals surface area contributed by atoms with Gasteiger partial charge in [0, 0.05) is 22.8 Å². The molecule has 0 spiro atoms. The maximum Gasteiger partial charge on any atom is 0.189 e. The lowest BCUT2D eigenvalue weighted by molar-refractivity contribution is 0.184. The summed E-state index contributed by atoms with van der Waals surface area (Å²) in [4.78, 5) is 0. The first-order chi connectivity index (χ1) is 12.8. The highest BCUT2D eigenvalue weighted by Gasteiger charge is 2.65. The van der Waals surface area contributed by atoms with Gasteiger partial charge in [-0.1, -0.05) is 85.0 Å². The third-order valence-electron chi connectivity index (χ3n) is 6.03. The van der Waals surface area contributed by atoms with Crippen LogP contribution in [0.5, 0.6) is 0 Å². The highest BCUT2D eigenvalue weighted by Crippen LogP contribution is 2.76. The van der Waals surface area contributed by atoms with Crippen molar-refractivity contribution in [3.8, 4) is 0 Å². The lowest BCUT2D eigenvalue weighted by Crippen LogP contribution is -2.41. The summed E-state index contributed by atoms with van der Waals surface area (Å²) in [5.74, 6) is 0.162. The number of benzene rings is 2. The second-order valence-electron chi connectivity index (χ2n) is 8.78. The van der Waals surface area contributed by atoms with Crippen LogP contribution in [0.1, 0.15) is 39.3 Å². The van der Waals surface area contributed by atoms with Gasteiger partial charge in [-0.25, -0.2) is 4.67 Å². The van der Waals surface area contributed by atoms with E-state index in [0.29, 0.717) is 0 Å². The van der Waals surface area contributed by atoms with E-state index < -0.39 is 12.4 Å². The van der Waals surface area contributed by atoms with Gasteiger partial charge >= 0.3 is 0 Å². The van der Waals surface area contributed by atoms with Crippen LogP contribution in [0.15, 0.2) is 85.0 Å². The molecule has 3 heteroatoms. The van der Waals surface area contributed by atoms with E-state index in [0.717, 1.165) is 5.30 Å². The molecule has 140 valence electrons. The Morgan fingerprint density at radius 3 is 2.11 bits per heavy atom. The minimum Gasteiger partial charge on any atom is -0.300 e. The molecule has 0 radical (unpaired) electrons. The molecule has 0 bridgehead atoms. The van der Waals surface area contributed by atoms with Crippen LogP contribution in [0, 0.1) is 5.92 Å². The summed E-state index contributed by atoms with van der Waals surface area (Å²) < 4.78 is 17.4. The summed E-state index contributed by atoms with van der Waals surface area (Å²) >= 11 is 0. The normalized spacial score (nSPS) is 33.2. The predicted octanol–water partition coefficient (Wildman–Crippen LogP) is 5.95. The number of rotatable bonds is 2. The second-order valence-corrected chi connectivity index (χ2v) is 11.8. The van der Waals surface area contributed by atoms with E-state index >= 15 is 4.57 Å². The summed E-state index contributed by atoms with van der Waals surface area (Å²) in [6.07, 6.45) is 8.64. The van der Waals surface area contributed by atoms with Gasteiger partial charge in [-0.05, 0) is 33.3 Å². The van der Waals surface area contributed by atoms with E-state index in [1.165, 1.54) is 5.56 Å². The zero-order chi connectivity index (χ0) is 19.3. The molecule has 1 aliphatic carbocycles. The Kier molecular flexibility index (Phi) is 4.33. The van der Waals surface area contributed by atoms with Crippen molar-refractivity contribution >= 4 is 12.6 Å². The smallest absolute Gasteiger partial charge is 0.189 e. The second kappa shape index (κ2) is 6.33. The molecule has 2 aromatic rings. The molecule has 4 rings (SSSR count). The first-order valence-corrected chi connectivity index (χ1v) is 11.3. The molecule has 1 fully saturated rings. The maximum atomic E-state index is 15.1. The van der Waals surface area contributed by atoms with Crippen LogP contribution in [-0.2, 0) is 4.57 Å². The fourth-order valence-electron chi connectivity index (χ4n) is 4.90. The molecule has 0 saturated carbocycles. The van der Waals surface area contributed by atoms with Gasteiger partial charge in [0.25, 0.3) is 0 Å². The Bertz CT molecular complexity index is 926. The molecule has 4 atom stereocenters. The summed E-state index contributed by atoms with van der Waals surface area (Å²) in [5.41, 5.74) is 0.991. The van der Waals surface area contributed by atoms with Gasteiger partial charge in [-0.15, -0.1) is 0 Å². The van der Waals surface area contributed by atoms with Crippen LogP contribution < -0.4 is 5.30 Å². The van der Waals surface area contributed by atoms with E-state index in [2.05, 4.69) is 80.9 Å². The molecule has 2 aromatic carbocycles. The van der Waals surface area contributed by atoms with Crippen LogP contribution in [-0.4, -0.2) is 15.4 Å². The van der Waals surface area contributed by atoms with Crippen molar-refractivity contribution in [2.75, 3.05) is 0 Å². The Morgan fingerprint density at radius 1 is 0.926 bits per heavy atom. The molecule has 1 saturated heterocycles. The standard InChI is InChI=1S/C24H28NOP/c1-23(2,3)25-22(19-13-7-5-8-14-19)21-17-11-12-18-24(21,4)27(25,26)20-15-9-6-10-16-20/h5-18,21-22H,1-4H3/t21-,22-,24+,27?/m1/s1. The molecule has 2 aliphatic rings.